The lowest BCUT2D eigenvalue weighted by molar-refractivity contribution is 1.07. The van der Waals surface area contributed by atoms with Crippen molar-refractivity contribution in [2.75, 3.05) is 0 Å². The van der Waals surface area contributed by atoms with Gasteiger partial charge in [0.05, 0.1) is 0 Å². The Morgan fingerprint density at radius 1 is 0.929 bits per heavy atom. The number of benzene rings is 1. The molecule has 0 radical (unpaired) electrons. The Morgan fingerprint density at radius 3 is 1.93 bits per heavy atom. The minimum atomic E-state index is 1.11. The third kappa shape index (κ3) is 1.75. The van der Waals surface area contributed by atoms with Gasteiger partial charge in [-0.15, -0.1) is 0 Å². The quantitative estimate of drug-likeness (QED) is 0.724. The molecule has 1 aromatic carbocycles. The Bertz CT molecular complexity index is 420. The Morgan fingerprint density at radius 2 is 1.43 bits per heavy atom. The van der Waals surface area contributed by atoms with Crippen molar-refractivity contribution in [2.45, 2.75) is 13.8 Å². The number of nitrogens with zero attached hydrogens (tertiary/aromatic N) is 1. The molecule has 0 N–H and O–H groups in total. The molecule has 1 heterocycles. The van der Waals surface area contributed by atoms with E-state index in [2.05, 4.69) is 71.0 Å². The van der Waals surface area contributed by atoms with Crippen molar-refractivity contribution in [1.82, 2.24) is 4.57 Å². The molecule has 0 aliphatic heterocycles. The van der Waals surface area contributed by atoms with E-state index >= 15 is 0 Å². The summed E-state index contributed by atoms with van der Waals surface area (Å²) in [4.78, 5) is 0. The van der Waals surface area contributed by atoms with Gasteiger partial charge in [0.15, 0.2) is 0 Å². The molecule has 0 aliphatic rings. The van der Waals surface area contributed by atoms with Crippen molar-refractivity contribution in [3.63, 3.8) is 0 Å². The standard InChI is InChI=1S/C12H12BrN/c1-9-7-14(8-10(9)2)12-5-3-11(13)4-6-12/h3-8H,1-2H3. The minimum Gasteiger partial charge on any atom is -0.323 e. The van der Waals surface area contributed by atoms with Crippen LogP contribution in [0.25, 0.3) is 5.69 Å². The Kier molecular flexibility index (Phi) is 2.46. The fourth-order valence-corrected chi connectivity index (χ4v) is 1.68. The number of aryl methyl sites for hydroxylation is 2. The fourth-order valence-electron chi connectivity index (χ4n) is 1.42. The van der Waals surface area contributed by atoms with Gasteiger partial charge in [0, 0.05) is 22.6 Å². The molecule has 0 saturated carbocycles. The topological polar surface area (TPSA) is 4.93 Å². The first-order valence-electron chi connectivity index (χ1n) is 4.58. The summed E-state index contributed by atoms with van der Waals surface area (Å²) in [5, 5.41) is 0. The van der Waals surface area contributed by atoms with Crippen LogP contribution in [0.2, 0.25) is 0 Å². The number of aromatic nitrogens is 1. The van der Waals surface area contributed by atoms with Crippen LogP contribution in [0.15, 0.2) is 41.1 Å². The van der Waals surface area contributed by atoms with Gasteiger partial charge in [-0.1, -0.05) is 15.9 Å². The fraction of sp³-hybridized carbons (Fsp3) is 0.167. The Hall–Kier alpha value is -1.02. The highest BCUT2D eigenvalue weighted by atomic mass is 79.9. The van der Waals surface area contributed by atoms with Gasteiger partial charge in [-0.05, 0) is 49.2 Å². The zero-order chi connectivity index (χ0) is 10.1. The Labute approximate surface area is 92.5 Å². The highest BCUT2D eigenvalue weighted by Gasteiger charge is 1.99. The van der Waals surface area contributed by atoms with E-state index in [0.717, 1.165) is 4.47 Å². The third-order valence-corrected chi connectivity index (χ3v) is 2.94. The molecule has 0 unspecified atom stereocenters. The van der Waals surface area contributed by atoms with Gasteiger partial charge >= 0.3 is 0 Å². The van der Waals surface area contributed by atoms with Crippen LogP contribution in [0.1, 0.15) is 11.1 Å². The zero-order valence-electron chi connectivity index (χ0n) is 8.29. The van der Waals surface area contributed by atoms with E-state index in [1.807, 2.05) is 0 Å². The van der Waals surface area contributed by atoms with Gasteiger partial charge in [0.25, 0.3) is 0 Å². The van der Waals surface area contributed by atoms with E-state index in [-0.39, 0.29) is 0 Å². The summed E-state index contributed by atoms with van der Waals surface area (Å²) < 4.78 is 3.26. The predicted octanol–water partition coefficient (Wildman–Crippen LogP) is 3.86. The lowest BCUT2D eigenvalue weighted by Crippen LogP contribution is -1.88. The molecule has 14 heavy (non-hydrogen) atoms. The summed E-state index contributed by atoms with van der Waals surface area (Å²) >= 11 is 3.43. The SMILES string of the molecule is Cc1cn(-c2ccc(Br)cc2)cc1C. The van der Waals surface area contributed by atoms with Gasteiger partial charge in [-0.3, -0.25) is 0 Å². The van der Waals surface area contributed by atoms with Gasteiger partial charge < -0.3 is 4.57 Å². The number of hydrogen-bond donors (Lipinski definition) is 0. The second kappa shape index (κ2) is 3.62. The summed E-state index contributed by atoms with van der Waals surface area (Å²) in [5.74, 6) is 0. The monoisotopic (exact) mass is 249 g/mol. The van der Waals surface area contributed by atoms with Crippen molar-refractivity contribution in [3.05, 3.63) is 52.3 Å². The molecule has 0 atom stereocenters. The average molecular weight is 250 g/mol. The number of rotatable bonds is 1. The second-order valence-electron chi connectivity index (χ2n) is 3.51. The van der Waals surface area contributed by atoms with Gasteiger partial charge in [0.2, 0.25) is 0 Å². The lowest BCUT2D eigenvalue weighted by Gasteiger charge is -2.01. The second-order valence-corrected chi connectivity index (χ2v) is 4.42. The molecule has 0 saturated heterocycles. The molecule has 0 aliphatic carbocycles. The van der Waals surface area contributed by atoms with Crippen LogP contribution < -0.4 is 0 Å². The largest absolute Gasteiger partial charge is 0.323 e. The average Bonchev–Trinajstić information content (AvgIpc) is 2.48. The third-order valence-electron chi connectivity index (χ3n) is 2.41. The molecule has 2 heteroatoms. The van der Waals surface area contributed by atoms with Crippen molar-refractivity contribution >= 4 is 15.9 Å². The van der Waals surface area contributed by atoms with E-state index in [1.54, 1.807) is 0 Å². The molecule has 0 amide bonds. The molecule has 0 spiro atoms. The first kappa shape index (κ1) is 9.53. The molecule has 1 nitrogen and oxygen atoms in total. The highest BCUT2D eigenvalue weighted by Crippen LogP contribution is 2.17. The molecule has 1 aromatic heterocycles. The van der Waals surface area contributed by atoms with E-state index in [9.17, 15) is 0 Å². The summed E-state index contributed by atoms with van der Waals surface area (Å²) in [5.41, 5.74) is 3.85. The van der Waals surface area contributed by atoms with Crippen LogP contribution in [-0.4, -0.2) is 4.57 Å². The van der Waals surface area contributed by atoms with E-state index in [1.165, 1.54) is 16.8 Å². The first-order chi connectivity index (χ1) is 6.66. The van der Waals surface area contributed by atoms with Crippen LogP contribution in [0, 0.1) is 13.8 Å². The van der Waals surface area contributed by atoms with E-state index in [4.69, 9.17) is 0 Å². The molecule has 0 fully saturated rings. The van der Waals surface area contributed by atoms with Gasteiger partial charge in [-0.2, -0.15) is 0 Å². The van der Waals surface area contributed by atoms with Crippen molar-refractivity contribution < 1.29 is 0 Å². The van der Waals surface area contributed by atoms with Crippen molar-refractivity contribution in [3.8, 4) is 5.69 Å². The molecular formula is C12H12BrN. The zero-order valence-corrected chi connectivity index (χ0v) is 9.88. The van der Waals surface area contributed by atoms with Crippen LogP contribution in [0.5, 0.6) is 0 Å². The van der Waals surface area contributed by atoms with Gasteiger partial charge in [0.1, 0.15) is 0 Å². The number of halogens is 1. The summed E-state index contributed by atoms with van der Waals surface area (Å²) in [7, 11) is 0. The van der Waals surface area contributed by atoms with Crippen molar-refractivity contribution in [1.29, 1.82) is 0 Å². The maximum absolute atomic E-state index is 3.43. The number of hydrogen-bond acceptors (Lipinski definition) is 0. The highest BCUT2D eigenvalue weighted by molar-refractivity contribution is 9.10. The summed E-state index contributed by atoms with van der Waals surface area (Å²) in [6, 6.07) is 8.31. The maximum atomic E-state index is 3.43. The summed E-state index contributed by atoms with van der Waals surface area (Å²) in [6.45, 7) is 4.26. The molecule has 0 bridgehead atoms. The molecule has 2 aromatic rings. The van der Waals surface area contributed by atoms with E-state index in [0.29, 0.717) is 0 Å². The maximum Gasteiger partial charge on any atom is 0.0450 e. The molecular weight excluding hydrogens is 238 g/mol. The van der Waals surface area contributed by atoms with Crippen LogP contribution in [0.3, 0.4) is 0 Å². The predicted molar refractivity (Wildman–Crippen MR) is 62.9 cm³/mol. The lowest BCUT2D eigenvalue weighted by atomic mass is 10.2. The molecule has 72 valence electrons. The van der Waals surface area contributed by atoms with Gasteiger partial charge in [-0.25, -0.2) is 0 Å². The smallest absolute Gasteiger partial charge is 0.0450 e. The normalized spacial score (nSPS) is 10.5. The summed E-state index contributed by atoms with van der Waals surface area (Å²) in [6.07, 6.45) is 4.30. The van der Waals surface area contributed by atoms with Crippen LogP contribution >= 0.6 is 15.9 Å². The van der Waals surface area contributed by atoms with Crippen LogP contribution in [0.4, 0.5) is 0 Å². The van der Waals surface area contributed by atoms with Crippen molar-refractivity contribution in [2.24, 2.45) is 0 Å². The van der Waals surface area contributed by atoms with Crippen LogP contribution in [-0.2, 0) is 0 Å². The Balaban J connectivity index is 2.44. The van der Waals surface area contributed by atoms with E-state index < -0.39 is 0 Å². The molecule has 2 rings (SSSR count). The first-order valence-corrected chi connectivity index (χ1v) is 5.37. The minimum absolute atomic E-state index is 1.11.